The zero-order chi connectivity index (χ0) is 13.9. The van der Waals surface area contributed by atoms with Gasteiger partial charge in [0.15, 0.2) is 0 Å². The molecular weight excluding hydrogens is 282 g/mol. The maximum Gasteiger partial charge on any atom is 0.241 e. The summed E-state index contributed by atoms with van der Waals surface area (Å²) in [6.45, 7) is 1.93. The zero-order valence-corrected chi connectivity index (χ0v) is 13.0. The molecule has 5 nitrogen and oxygen atoms in total. The van der Waals surface area contributed by atoms with Crippen molar-refractivity contribution in [3.05, 3.63) is 16.3 Å². The average Bonchev–Trinajstić information content (AvgIpc) is 3.09. The molecule has 0 amide bonds. The summed E-state index contributed by atoms with van der Waals surface area (Å²) >= 11 is 1.46. The summed E-state index contributed by atoms with van der Waals surface area (Å²) in [5.41, 5.74) is 0. The topological polar surface area (TPSA) is 61.4 Å². The molecule has 0 bridgehead atoms. The van der Waals surface area contributed by atoms with E-state index in [2.05, 4.69) is 14.9 Å². The maximum absolute atomic E-state index is 12.1. The first-order chi connectivity index (χ1) is 9.03. The van der Waals surface area contributed by atoms with Gasteiger partial charge in [0, 0.05) is 35.9 Å². The van der Waals surface area contributed by atoms with Crippen LogP contribution in [0.25, 0.3) is 0 Å². The molecule has 7 heteroatoms. The van der Waals surface area contributed by atoms with Gasteiger partial charge >= 0.3 is 0 Å². The SMILES string of the molecule is CNCc1cc(S(=O)(=O)NCCN(C)C2CC2)cs1. The minimum atomic E-state index is -3.35. The van der Waals surface area contributed by atoms with Crippen molar-refractivity contribution in [2.45, 2.75) is 30.3 Å². The fourth-order valence-corrected chi connectivity index (χ4v) is 4.21. The second-order valence-corrected chi connectivity index (χ2v) is 7.65. The van der Waals surface area contributed by atoms with Gasteiger partial charge in [0.2, 0.25) is 10.0 Å². The maximum atomic E-state index is 12.1. The van der Waals surface area contributed by atoms with Crippen molar-refractivity contribution in [1.29, 1.82) is 0 Å². The van der Waals surface area contributed by atoms with E-state index >= 15 is 0 Å². The van der Waals surface area contributed by atoms with Crippen LogP contribution in [0.3, 0.4) is 0 Å². The molecule has 1 saturated carbocycles. The van der Waals surface area contributed by atoms with E-state index in [0.717, 1.165) is 11.4 Å². The van der Waals surface area contributed by atoms with E-state index < -0.39 is 10.0 Å². The summed E-state index contributed by atoms with van der Waals surface area (Å²) in [4.78, 5) is 3.61. The van der Waals surface area contributed by atoms with Crippen LogP contribution in [0, 0.1) is 0 Å². The molecule has 1 aromatic heterocycles. The molecule has 19 heavy (non-hydrogen) atoms. The zero-order valence-electron chi connectivity index (χ0n) is 11.3. The Bertz CT molecular complexity index is 509. The number of rotatable bonds is 8. The Morgan fingerprint density at radius 1 is 1.47 bits per heavy atom. The van der Waals surface area contributed by atoms with Gasteiger partial charge < -0.3 is 10.2 Å². The molecule has 108 valence electrons. The average molecular weight is 303 g/mol. The smallest absolute Gasteiger partial charge is 0.241 e. The number of hydrogen-bond donors (Lipinski definition) is 2. The largest absolute Gasteiger partial charge is 0.315 e. The molecule has 2 N–H and O–H groups in total. The van der Waals surface area contributed by atoms with E-state index in [0.29, 0.717) is 24.0 Å². The van der Waals surface area contributed by atoms with Gasteiger partial charge in [0.1, 0.15) is 0 Å². The molecule has 0 aliphatic heterocycles. The van der Waals surface area contributed by atoms with Crippen LogP contribution in [0.5, 0.6) is 0 Å². The molecule has 0 saturated heterocycles. The summed E-state index contributed by atoms with van der Waals surface area (Å²) < 4.78 is 26.8. The second kappa shape index (κ2) is 6.32. The van der Waals surface area contributed by atoms with Gasteiger partial charge in [-0.1, -0.05) is 0 Å². The Kier molecular flexibility index (Phi) is 4.97. The minimum absolute atomic E-state index is 0.372. The minimum Gasteiger partial charge on any atom is -0.315 e. The van der Waals surface area contributed by atoms with Crippen molar-refractivity contribution in [2.24, 2.45) is 0 Å². The van der Waals surface area contributed by atoms with Crippen molar-refractivity contribution < 1.29 is 8.42 Å². The van der Waals surface area contributed by atoms with Crippen LogP contribution in [-0.2, 0) is 16.6 Å². The third kappa shape index (κ3) is 4.25. The Balaban J connectivity index is 1.85. The summed E-state index contributed by atoms with van der Waals surface area (Å²) in [6.07, 6.45) is 2.47. The van der Waals surface area contributed by atoms with Gasteiger partial charge in [-0.05, 0) is 33.0 Å². The first kappa shape index (κ1) is 14.9. The molecule has 0 spiro atoms. The van der Waals surface area contributed by atoms with E-state index in [1.807, 2.05) is 14.1 Å². The van der Waals surface area contributed by atoms with Crippen molar-refractivity contribution in [2.75, 3.05) is 27.2 Å². The van der Waals surface area contributed by atoms with Gasteiger partial charge in [-0.25, -0.2) is 13.1 Å². The quantitative estimate of drug-likeness (QED) is 0.747. The lowest BCUT2D eigenvalue weighted by Crippen LogP contribution is -2.33. The third-order valence-electron chi connectivity index (χ3n) is 3.22. The van der Waals surface area contributed by atoms with Crippen LogP contribution in [0.1, 0.15) is 17.7 Å². The van der Waals surface area contributed by atoms with Crippen molar-refractivity contribution in [1.82, 2.24) is 14.9 Å². The number of sulfonamides is 1. The van der Waals surface area contributed by atoms with Gasteiger partial charge in [-0.2, -0.15) is 0 Å². The molecular formula is C12H21N3O2S2. The van der Waals surface area contributed by atoms with Crippen LogP contribution in [0.15, 0.2) is 16.3 Å². The van der Waals surface area contributed by atoms with Crippen molar-refractivity contribution >= 4 is 21.4 Å². The summed E-state index contributed by atoms with van der Waals surface area (Å²) in [5, 5.41) is 4.71. The molecule has 1 heterocycles. The summed E-state index contributed by atoms with van der Waals surface area (Å²) in [6, 6.07) is 2.39. The molecule has 0 aromatic carbocycles. The monoisotopic (exact) mass is 303 g/mol. The first-order valence-corrected chi connectivity index (χ1v) is 8.81. The van der Waals surface area contributed by atoms with Gasteiger partial charge in [0.05, 0.1) is 4.90 Å². The van der Waals surface area contributed by atoms with Crippen LogP contribution < -0.4 is 10.0 Å². The number of nitrogens with zero attached hydrogens (tertiary/aromatic N) is 1. The van der Waals surface area contributed by atoms with E-state index in [9.17, 15) is 8.42 Å². The lowest BCUT2D eigenvalue weighted by atomic mass is 10.5. The van der Waals surface area contributed by atoms with E-state index in [1.165, 1.54) is 24.2 Å². The highest BCUT2D eigenvalue weighted by Crippen LogP contribution is 2.24. The van der Waals surface area contributed by atoms with E-state index in [4.69, 9.17) is 0 Å². The Morgan fingerprint density at radius 2 is 2.21 bits per heavy atom. The number of hydrogen-bond acceptors (Lipinski definition) is 5. The third-order valence-corrected chi connectivity index (χ3v) is 5.74. The molecule has 0 atom stereocenters. The summed E-state index contributed by atoms with van der Waals surface area (Å²) in [7, 11) is 0.538. The van der Waals surface area contributed by atoms with Crippen LogP contribution in [0.2, 0.25) is 0 Å². The second-order valence-electron chi connectivity index (χ2n) is 4.89. The fourth-order valence-electron chi connectivity index (χ4n) is 1.91. The first-order valence-electron chi connectivity index (χ1n) is 6.45. The van der Waals surface area contributed by atoms with Gasteiger partial charge in [-0.3, -0.25) is 0 Å². The molecule has 1 aromatic rings. The predicted octanol–water partition coefficient (Wildman–Crippen LogP) is 0.840. The predicted molar refractivity (Wildman–Crippen MR) is 77.9 cm³/mol. The molecule has 1 aliphatic carbocycles. The molecule has 1 aliphatic rings. The Hall–Kier alpha value is -0.470. The van der Waals surface area contributed by atoms with Crippen LogP contribution in [-0.4, -0.2) is 46.5 Å². The highest BCUT2D eigenvalue weighted by molar-refractivity contribution is 7.89. The fraction of sp³-hybridized carbons (Fsp3) is 0.667. The van der Waals surface area contributed by atoms with Crippen LogP contribution in [0.4, 0.5) is 0 Å². The molecule has 0 unspecified atom stereocenters. The Labute approximate surface area is 119 Å². The Morgan fingerprint density at radius 3 is 2.84 bits per heavy atom. The van der Waals surface area contributed by atoms with Crippen molar-refractivity contribution in [3.63, 3.8) is 0 Å². The standard InChI is InChI=1S/C12H21N3O2S2/c1-13-8-11-7-12(9-18-11)19(16,17)14-5-6-15(2)10-3-4-10/h7,9-10,13-14H,3-6,8H2,1-2H3. The molecule has 1 fully saturated rings. The highest BCUT2D eigenvalue weighted by atomic mass is 32.2. The van der Waals surface area contributed by atoms with Crippen LogP contribution >= 0.6 is 11.3 Å². The van der Waals surface area contributed by atoms with E-state index in [1.54, 1.807) is 11.4 Å². The summed E-state index contributed by atoms with van der Waals surface area (Å²) in [5.74, 6) is 0. The number of thiophene rings is 1. The normalized spacial score (nSPS) is 16.2. The van der Waals surface area contributed by atoms with Gasteiger partial charge in [-0.15, -0.1) is 11.3 Å². The van der Waals surface area contributed by atoms with Crippen molar-refractivity contribution in [3.8, 4) is 0 Å². The molecule has 2 rings (SSSR count). The number of likely N-dealkylation sites (N-methyl/N-ethyl adjacent to an activating group) is 1. The molecule has 0 radical (unpaired) electrons. The lowest BCUT2D eigenvalue weighted by Gasteiger charge is -2.15. The van der Waals surface area contributed by atoms with E-state index in [-0.39, 0.29) is 0 Å². The highest BCUT2D eigenvalue weighted by Gasteiger charge is 2.26. The number of nitrogens with one attached hydrogen (secondary N) is 2. The lowest BCUT2D eigenvalue weighted by molar-refractivity contribution is 0.329. The van der Waals surface area contributed by atoms with Gasteiger partial charge in [0.25, 0.3) is 0 Å².